The average Bonchev–Trinajstić information content (AvgIpc) is 3.35. The fourth-order valence-corrected chi connectivity index (χ4v) is 5.65. The van der Waals surface area contributed by atoms with Gasteiger partial charge in [-0.3, -0.25) is 5.10 Å². The third-order valence-electron chi connectivity index (χ3n) is 8.18. The Morgan fingerprint density at radius 1 is 1.11 bits per heavy atom. The van der Waals surface area contributed by atoms with Gasteiger partial charge in [0.1, 0.15) is 5.82 Å². The molecule has 1 saturated carbocycles. The van der Waals surface area contributed by atoms with Crippen LogP contribution in [0, 0.1) is 18.3 Å². The maximum absolute atomic E-state index is 9.08. The van der Waals surface area contributed by atoms with Crippen LogP contribution in [-0.2, 0) is 6.42 Å². The average molecular weight is 480 g/mol. The Labute approximate surface area is 215 Å². The molecule has 0 unspecified atom stereocenters. The lowest BCUT2D eigenvalue weighted by molar-refractivity contribution is 0.299. The summed E-state index contributed by atoms with van der Waals surface area (Å²) in [6.45, 7) is 11.0. The normalized spacial score (nSPS) is 16.5. The van der Waals surface area contributed by atoms with Gasteiger partial charge in [0.15, 0.2) is 5.82 Å². The molecule has 1 aromatic heterocycles. The second-order valence-corrected chi connectivity index (χ2v) is 10.5. The maximum Gasteiger partial charge on any atom is 0.181 e. The molecular weight excluding hydrogens is 442 g/mol. The summed E-state index contributed by atoms with van der Waals surface area (Å²) in [6.07, 6.45) is 9.23. The van der Waals surface area contributed by atoms with Crippen molar-refractivity contribution in [1.29, 1.82) is 5.26 Å². The van der Waals surface area contributed by atoms with Crippen LogP contribution < -0.4 is 0 Å². The minimum absolute atomic E-state index is 0.536. The van der Waals surface area contributed by atoms with Crippen molar-refractivity contribution in [2.75, 3.05) is 13.1 Å². The van der Waals surface area contributed by atoms with E-state index < -0.39 is 0 Å². The fourth-order valence-electron chi connectivity index (χ4n) is 5.65. The summed E-state index contributed by atoms with van der Waals surface area (Å²) >= 11 is 0. The zero-order valence-electron chi connectivity index (χ0n) is 21.7. The second-order valence-electron chi connectivity index (χ2n) is 10.5. The van der Waals surface area contributed by atoms with E-state index in [4.69, 9.17) is 10.2 Å². The third kappa shape index (κ3) is 4.95. The number of H-pyrrole nitrogens is 1. The van der Waals surface area contributed by atoms with Gasteiger partial charge in [-0.25, -0.2) is 4.98 Å². The largest absolute Gasteiger partial charge is 0.371 e. The van der Waals surface area contributed by atoms with E-state index in [2.05, 4.69) is 65.9 Å². The molecule has 0 radical (unpaired) electrons. The first-order chi connectivity index (χ1) is 17.6. The quantitative estimate of drug-likeness (QED) is 0.374. The highest BCUT2D eigenvalue weighted by atomic mass is 15.2. The number of nitriles is 1. The van der Waals surface area contributed by atoms with Gasteiger partial charge < -0.3 is 4.90 Å². The predicted molar refractivity (Wildman–Crippen MR) is 145 cm³/mol. The number of hydrogen-bond donors (Lipinski definition) is 1. The van der Waals surface area contributed by atoms with Crippen LogP contribution in [0.4, 0.5) is 0 Å². The Bertz CT molecular complexity index is 1250. The summed E-state index contributed by atoms with van der Waals surface area (Å²) in [5.41, 5.74) is 8.25. The molecule has 3 aromatic rings. The molecule has 2 heterocycles. The SMILES string of the molecule is C=C(c1cc(-c2n[nH]c(CCCC)n2)c(C2CCC2)cc1C)N1CCC(c2ccc(C#N)cc2)CC1. The summed E-state index contributed by atoms with van der Waals surface area (Å²) < 4.78 is 0. The molecule has 0 atom stereocenters. The van der Waals surface area contributed by atoms with Gasteiger partial charge in [0.2, 0.25) is 0 Å². The van der Waals surface area contributed by atoms with E-state index >= 15 is 0 Å². The lowest BCUT2D eigenvalue weighted by Gasteiger charge is -2.36. The number of rotatable bonds is 8. The van der Waals surface area contributed by atoms with Crippen LogP contribution in [0.15, 0.2) is 43.0 Å². The number of aryl methyl sites for hydroxylation is 2. The molecule has 2 aromatic carbocycles. The van der Waals surface area contributed by atoms with E-state index in [0.717, 1.165) is 68.1 Å². The van der Waals surface area contributed by atoms with Gasteiger partial charge in [-0.1, -0.05) is 44.5 Å². The number of nitrogens with one attached hydrogen (secondary N) is 1. The first kappa shape index (κ1) is 24.3. The number of aromatic nitrogens is 3. The molecule has 2 fully saturated rings. The van der Waals surface area contributed by atoms with Crippen molar-refractivity contribution >= 4 is 5.70 Å². The lowest BCUT2D eigenvalue weighted by Crippen LogP contribution is -2.31. The highest BCUT2D eigenvalue weighted by Gasteiger charge is 2.27. The number of benzene rings is 2. The Hall–Kier alpha value is -3.39. The molecule has 0 bridgehead atoms. The van der Waals surface area contributed by atoms with Gasteiger partial charge in [0.25, 0.3) is 0 Å². The fraction of sp³-hybridized carbons (Fsp3) is 0.452. The Morgan fingerprint density at radius 3 is 2.50 bits per heavy atom. The van der Waals surface area contributed by atoms with Crippen molar-refractivity contribution in [3.8, 4) is 17.5 Å². The molecular formula is C31H37N5. The van der Waals surface area contributed by atoms with Crippen molar-refractivity contribution in [3.05, 3.63) is 76.6 Å². The molecule has 0 amide bonds. The molecule has 1 aliphatic carbocycles. The molecule has 0 spiro atoms. The van der Waals surface area contributed by atoms with E-state index in [1.165, 1.54) is 47.1 Å². The van der Waals surface area contributed by atoms with Crippen LogP contribution in [0.1, 0.15) is 97.3 Å². The van der Waals surface area contributed by atoms with Gasteiger partial charge >= 0.3 is 0 Å². The first-order valence-electron chi connectivity index (χ1n) is 13.6. The van der Waals surface area contributed by atoms with E-state index in [1.807, 2.05) is 12.1 Å². The molecule has 1 saturated heterocycles. The maximum atomic E-state index is 9.08. The smallest absolute Gasteiger partial charge is 0.181 e. The number of likely N-dealkylation sites (tertiary alicyclic amines) is 1. The van der Waals surface area contributed by atoms with E-state index in [0.29, 0.717) is 11.8 Å². The minimum Gasteiger partial charge on any atom is -0.371 e. The van der Waals surface area contributed by atoms with E-state index in [1.54, 1.807) is 0 Å². The predicted octanol–water partition coefficient (Wildman–Crippen LogP) is 7.11. The zero-order chi connectivity index (χ0) is 25.1. The molecule has 2 aliphatic rings. The highest BCUT2D eigenvalue weighted by Crippen LogP contribution is 2.43. The molecule has 5 rings (SSSR count). The Kier molecular flexibility index (Phi) is 7.23. The van der Waals surface area contributed by atoms with Crippen LogP contribution in [0.25, 0.3) is 17.1 Å². The number of nitrogens with zero attached hydrogens (tertiary/aromatic N) is 4. The highest BCUT2D eigenvalue weighted by molar-refractivity contribution is 5.73. The third-order valence-corrected chi connectivity index (χ3v) is 8.18. The molecule has 1 aliphatic heterocycles. The molecule has 5 nitrogen and oxygen atoms in total. The Balaban J connectivity index is 1.36. The summed E-state index contributed by atoms with van der Waals surface area (Å²) in [7, 11) is 0. The van der Waals surface area contributed by atoms with Gasteiger partial charge in [0.05, 0.1) is 11.6 Å². The molecule has 186 valence electrons. The van der Waals surface area contributed by atoms with Crippen LogP contribution in [0.5, 0.6) is 0 Å². The molecule has 5 heteroatoms. The topological polar surface area (TPSA) is 68.6 Å². The Morgan fingerprint density at radius 2 is 1.86 bits per heavy atom. The minimum atomic E-state index is 0.536. The number of hydrogen-bond acceptors (Lipinski definition) is 4. The summed E-state index contributed by atoms with van der Waals surface area (Å²) in [4.78, 5) is 7.33. The van der Waals surface area contributed by atoms with Crippen molar-refractivity contribution < 1.29 is 0 Å². The van der Waals surface area contributed by atoms with Gasteiger partial charge in [-0.15, -0.1) is 0 Å². The van der Waals surface area contributed by atoms with Gasteiger partial charge in [-0.2, -0.15) is 10.4 Å². The van der Waals surface area contributed by atoms with Gasteiger partial charge in [0, 0.05) is 36.3 Å². The van der Waals surface area contributed by atoms with Crippen molar-refractivity contribution in [2.45, 2.75) is 77.0 Å². The molecule has 1 N–H and O–H groups in total. The summed E-state index contributed by atoms with van der Waals surface area (Å²) in [5.74, 6) is 2.96. The van der Waals surface area contributed by atoms with Crippen LogP contribution in [0.2, 0.25) is 0 Å². The number of piperidine rings is 1. The molecule has 36 heavy (non-hydrogen) atoms. The van der Waals surface area contributed by atoms with Crippen LogP contribution >= 0.6 is 0 Å². The second kappa shape index (κ2) is 10.7. The van der Waals surface area contributed by atoms with Crippen molar-refractivity contribution in [1.82, 2.24) is 20.1 Å². The summed E-state index contributed by atoms with van der Waals surface area (Å²) in [5, 5.41) is 16.9. The lowest BCUT2D eigenvalue weighted by atomic mass is 9.77. The zero-order valence-corrected chi connectivity index (χ0v) is 21.7. The van der Waals surface area contributed by atoms with E-state index in [-0.39, 0.29) is 0 Å². The first-order valence-corrected chi connectivity index (χ1v) is 13.6. The van der Waals surface area contributed by atoms with Crippen LogP contribution in [0.3, 0.4) is 0 Å². The number of aromatic amines is 1. The van der Waals surface area contributed by atoms with Crippen molar-refractivity contribution in [2.24, 2.45) is 0 Å². The van der Waals surface area contributed by atoms with Crippen molar-refractivity contribution in [3.63, 3.8) is 0 Å². The number of unbranched alkanes of at least 4 members (excludes halogenated alkanes) is 1. The summed E-state index contributed by atoms with van der Waals surface area (Å²) in [6, 6.07) is 15.0. The monoisotopic (exact) mass is 479 g/mol. The van der Waals surface area contributed by atoms with E-state index in [9.17, 15) is 0 Å². The van der Waals surface area contributed by atoms with Crippen LogP contribution in [-0.4, -0.2) is 33.2 Å². The van der Waals surface area contributed by atoms with Gasteiger partial charge in [-0.05, 0) is 85.8 Å². The standard InChI is InChI=1S/C31H37N5/c1-4-5-9-30-33-31(35-34-30)29-19-27(21(2)18-28(29)26-7-6-8-26)22(3)36-16-14-25(15-17-36)24-12-10-23(20-32)11-13-24/h10-13,18-19,25-26H,3-9,14-17H2,1-2H3,(H,33,34,35).